The van der Waals surface area contributed by atoms with Crippen molar-refractivity contribution < 1.29 is 230 Å². The van der Waals surface area contributed by atoms with Gasteiger partial charge in [0, 0.05) is 126 Å². The van der Waals surface area contributed by atoms with Crippen LogP contribution in [0.15, 0.2) is 0 Å². The van der Waals surface area contributed by atoms with Crippen molar-refractivity contribution >= 4 is 94.2 Å². The zero-order valence-corrected chi connectivity index (χ0v) is 91.2. The average molecular weight is 2130 g/mol. The summed E-state index contributed by atoms with van der Waals surface area (Å²) in [5.74, 6) is -10.7. The Labute approximate surface area is 848 Å². The molecule has 8 heterocycles. The maximum absolute atomic E-state index is 12.2. The molecule has 0 aromatic rings. The van der Waals surface area contributed by atoms with E-state index < -0.39 is 322 Å². The molecule has 8 saturated heterocycles. The number of hydrogen-bond donors (Lipinski definition) is 8. The molecule has 8 aliphatic rings. The third-order valence-corrected chi connectivity index (χ3v) is 35.7. The van der Waals surface area contributed by atoms with Crippen LogP contribution in [0.3, 0.4) is 0 Å². The van der Waals surface area contributed by atoms with Crippen LogP contribution in [0.4, 0.5) is 0 Å². The highest BCUT2D eigenvalue weighted by Gasteiger charge is 2.60. The molecule has 0 bridgehead atoms. The van der Waals surface area contributed by atoms with Crippen molar-refractivity contribution in [3.8, 4) is 0 Å². The second-order valence-corrected chi connectivity index (χ2v) is 50.0. The third-order valence-electron chi connectivity index (χ3n) is 26.7. The minimum Gasteiger partial charge on any atom is -0.463 e. The second kappa shape index (κ2) is 56.7. The molecule has 8 fully saturated rings. The van der Waals surface area contributed by atoms with E-state index in [1.54, 1.807) is 20.8 Å². The number of hydrogen-bond acceptors (Lipinski definition) is 48. The number of aliphatic hydroxyl groups is 8. The number of carbonyl (C=O) groups excluding carboxylic acids is 13. The van der Waals surface area contributed by atoms with E-state index in [1.165, 1.54) is 90.0 Å². The van der Waals surface area contributed by atoms with E-state index in [0.29, 0.717) is 19.3 Å². The molecule has 48 nitrogen and oxygen atoms in total. The van der Waals surface area contributed by atoms with Gasteiger partial charge in [0.2, 0.25) is 18.9 Å². The molecule has 0 spiro atoms. The predicted octanol–water partition coefficient (Wildman–Crippen LogP) is 3.79. The first-order chi connectivity index (χ1) is 67.1. The van der Waals surface area contributed by atoms with Gasteiger partial charge < -0.3 is 168 Å². The summed E-state index contributed by atoms with van der Waals surface area (Å²) in [6.45, 7) is 51.8. The molecule has 40 atom stereocenters. The highest BCUT2D eigenvalue weighted by Crippen LogP contribution is 2.46. The van der Waals surface area contributed by atoms with Gasteiger partial charge in [0.25, 0.3) is 0 Å². The van der Waals surface area contributed by atoms with E-state index in [4.69, 9.17) is 137 Å². The minimum atomic E-state index is -2.27. The number of ether oxygens (including phenoxy) is 25. The lowest BCUT2D eigenvalue weighted by Crippen LogP contribution is -2.63. The first kappa shape index (κ1) is 128. The molecule has 50 heteroatoms. The standard InChI is InChI=1S/2C29H50O12Si.C25H38O13.C12H22O11/c2*1-13-21-15(2)23(35-17(4)30)26(38-20(7)33)28(39-21)41-27-16(3)24(36-18(5)31)25(37-19(6)32)22(40-27)14-34-42(11,12)29(8,9)10;1-9-18-11(2)20(32-14(5)27)23(35-17(8)30)25(36-18)38-24-12(3)21(33-15(6)28)22(34-16(7)29)19(37-24)10-31-13(4)26;13-1-3-5(15)7(17)9(19)11(21-3)23-12-10(20)8(18)6(16)4(2-14)22-12/h2*15-16,21-28H,13-14H2,1-12H3;11-12,18-25H,9-10H2,1-8H3;3-20H,1-2H2/t2*15-,16?,21?,22?,23+,24?,25-,26?,27-,28-;11-,12?,18?,19?,20+,21?,22-,23?,24-,25-;3?,4?,5-,6-,7+,8?,9?,10?,11-,12-/m1111/s1. The van der Waals surface area contributed by atoms with Gasteiger partial charge in [-0.25, -0.2) is 0 Å². The average Bonchev–Trinajstić information content (AvgIpc) is 0.779. The zero-order chi connectivity index (χ0) is 110. The highest BCUT2D eigenvalue weighted by atomic mass is 28.4. The lowest BCUT2D eigenvalue weighted by atomic mass is 9.88. The van der Waals surface area contributed by atoms with Gasteiger partial charge >= 0.3 is 77.6 Å². The Morgan fingerprint density at radius 2 is 0.421 bits per heavy atom. The molecule has 0 aliphatic carbocycles. The van der Waals surface area contributed by atoms with Crippen LogP contribution in [0.1, 0.15) is 213 Å². The van der Waals surface area contributed by atoms with Gasteiger partial charge in [-0.3, -0.25) is 62.3 Å². The van der Waals surface area contributed by atoms with Crippen LogP contribution in [-0.4, -0.2) is 377 Å². The van der Waals surface area contributed by atoms with Gasteiger partial charge in [-0.15, -0.1) is 0 Å². The maximum atomic E-state index is 12.2. The molecule has 0 aromatic heterocycles. The largest absolute Gasteiger partial charge is 0.463 e. The summed E-state index contributed by atoms with van der Waals surface area (Å²) in [7, 11) is -4.54. The van der Waals surface area contributed by atoms with Crippen LogP contribution < -0.4 is 0 Å². The fraction of sp³-hybridized carbons (Fsp3) is 0.863. The molecular formula is C95H160O48Si2. The fourth-order valence-electron chi connectivity index (χ4n) is 17.1. The number of rotatable bonds is 33. The van der Waals surface area contributed by atoms with Crippen molar-refractivity contribution in [3.05, 3.63) is 0 Å². The first-order valence-electron chi connectivity index (χ1n) is 48.8. The van der Waals surface area contributed by atoms with Crippen LogP contribution >= 0.6 is 0 Å². The fourth-order valence-corrected chi connectivity index (χ4v) is 19.1. The lowest BCUT2D eigenvalue weighted by Gasteiger charge is -2.48. The molecule has 8 aliphatic heterocycles. The summed E-state index contributed by atoms with van der Waals surface area (Å²) in [5.41, 5.74) is 0. The van der Waals surface area contributed by atoms with Crippen LogP contribution in [0.25, 0.3) is 0 Å². The SMILES string of the molecule is CCC1O[C@H](O[C@H]2OC(COC(C)=O)[C@@H](OC(C)=O)C(OC(C)=O)C2C)C(OC(C)=O)[C@@H](OC(C)=O)[C@@H]1C.CCC1O[C@H](O[C@H]2OC(CO[Si](C)(C)C(C)(C)C)[C@@H](OC(C)=O)C(OC(C)=O)C2C)C(OC(C)=O)[C@@H](OC(C)=O)[C@@H]1C.CCC1O[C@H](O[C@H]2OC(CO[Si](C)(C)C(C)(C)C)[C@@H](OC(C)=O)C(OC(C)=O)C2C)C(OC(C)=O)[C@@H](OC(C)=O)[C@@H]1C.OCC1O[C@H](O[C@H]2OC(CO)[C@@H](O)[C@H](O)C2O)C(O)C(O)[C@@H]1O. The van der Waals surface area contributed by atoms with Crippen molar-refractivity contribution in [2.24, 2.45) is 35.5 Å². The van der Waals surface area contributed by atoms with Gasteiger partial charge in [-0.1, -0.05) is 104 Å². The summed E-state index contributed by atoms with van der Waals surface area (Å²) >= 11 is 0. The number of aliphatic hydroxyl groups excluding tert-OH is 8. The molecule has 145 heavy (non-hydrogen) atoms. The molecule has 0 amide bonds. The van der Waals surface area contributed by atoms with Crippen molar-refractivity contribution in [2.75, 3.05) is 33.0 Å². The monoisotopic (exact) mass is 2120 g/mol. The zero-order valence-electron chi connectivity index (χ0n) is 89.2. The molecule has 8 N–H and O–H groups in total. The molecule has 0 radical (unpaired) electrons. The Morgan fingerprint density at radius 1 is 0.234 bits per heavy atom. The Morgan fingerprint density at radius 3 is 0.621 bits per heavy atom. The first-order valence-corrected chi connectivity index (χ1v) is 54.6. The molecule has 836 valence electrons. The van der Waals surface area contributed by atoms with Crippen LogP contribution in [0.5, 0.6) is 0 Å². The second-order valence-electron chi connectivity index (χ2n) is 40.4. The number of esters is 13. The van der Waals surface area contributed by atoms with Crippen LogP contribution in [-0.2, 0) is 190 Å². The quantitative estimate of drug-likeness (QED) is 0.0263. The van der Waals surface area contributed by atoms with Gasteiger partial charge in [0.1, 0.15) is 110 Å². The Hall–Kier alpha value is -7.34. The van der Waals surface area contributed by atoms with E-state index in [0.717, 1.165) is 0 Å². The molecule has 8 rings (SSSR count). The van der Waals surface area contributed by atoms with E-state index >= 15 is 0 Å². The van der Waals surface area contributed by atoms with Gasteiger partial charge in [0.15, 0.2) is 84.7 Å². The van der Waals surface area contributed by atoms with E-state index in [2.05, 4.69) is 67.7 Å². The molecule has 0 aromatic carbocycles. The maximum Gasteiger partial charge on any atom is 0.303 e. The van der Waals surface area contributed by atoms with Gasteiger partial charge in [-0.05, 0) is 55.5 Å². The third kappa shape index (κ3) is 36.2. The lowest BCUT2D eigenvalue weighted by molar-refractivity contribution is -0.376. The van der Waals surface area contributed by atoms with E-state index in [1.807, 2.05) is 41.5 Å². The summed E-state index contributed by atoms with van der Waals surface area (Å²) in [4.78, 5) is 156. The Balaban J connectivity index is 0.000000347. The summed E-state index contributed by atoms with van der Waals surface area (Å²) in [6.07, 6.45) is -36.7. The van der Waals surface area contributed by atoms with Crippen LogP contribution in [0, 0.1) is 35.5 Å². The Kier molecular flexibility index (Phi) is 50.1. The minimum absolute atomic E-state index is 0.0440. The van der Waals surface area contributed by atoms with Gasteiger partial charge in [-0.2, -0.15) is 0 Å². The van der Waals surface area contributed by atoms with Crippen molar-refractivity contribution in [1.82, 2.24) is 0 Å². The smallest absolute Gasteiger partial charge is 0.303 e. The predicted molar refractivity (Wildman–Crippen MR) is 499 cm³/mol. The van der Waals surface area contributed by atoms with Crippen LogP contribution in [0.2, 0.25) is 36.3 Å². The molecule has 20 unspecified atom stereocenters. The summed E-state index contributed by atoms with van der Waals surface area (Å²) in [6, 6.07) is 0. The number of carbonyl (C=O) groups is 13. The van der Waals surface area contributed by atoms with E-state index in [9.17, 15) is 93.0 Å². The van der Waals surface area contributed by atoms with Gasteiger partial charge in [0.05, 0.1) is 44.7 Å². The highest BCUT2D eigenvalue weighted by molar-refractivity contribution is 6.74. The summed E-state index contributed by atoms with van der Waals surface area (Å²) in [5, 5.41) is 76.2. The molecule has 0 saturated carbocycles. The Bertz CT molecular complexity index is 3990. The van der Waals surface area contributed by atoms with Crippen molar-refractivity contribution in [3.63, 3.8) is 0 Å². The molecular weight excluding hydrogens is 1970 g/mol. The van der Waals surface area contributed by atoms with Crippen molar-refractivity contribution in [1.29, 1.82) is 0 Å². The topological polar surface area (TPSA) is 633 Å². The normalized spacial score (nSPS) is 36.9. The summed E-state index contributed by atoms with van der Waals surface area (Å²) < 4.78 is 156. The van der Waals surface area contributed by atoms with E-state index in [-0.39, 0.29) is 59.9 Å². The van der Waals surface area contributed by atoms with Crippen molar-refractivity contribution in [2.45, 2.75) is 458 Å².